The number of fused-ring (bicyclic) bond motifs is 1. The van der Waals surface area contributed by atoms with E-state index in [-0.39, 0.29) is 5.28 Å². The summed E-state index contributed by atoms with van der Waals surface area (Å²) in [6.45, 7) is 0.663. The van der Waals surface area contributed by atoms with Crippen LogP contribution >= 0.6 is 11.6 Å². The van der Waals surface area contributed by atoms with Crippen molar-refractivity contribution in [3.05, 3.63) is 47.6 Å². The molecule has 5 nitrogen and oxygen atoms in total. The summed E-state index contributed by atoms with van der Waals surface area (Å²) in [5.74, 6) is 0.706. The average Bonchev–Trinajstić information content (AvgIpc) is 2.84. The van der Waals surface area contributed by atoms with E-state index in [1.807, 2.05) is 18.2 Å². The summed E-state index contributed by atoms with van der Waals surface area (Å²) in [5.41, 5.74) is 3.11. The molecule has 3 rings (SSSR count). The molecule has 0 saturated heterocycles. The summed E-state index contributed by atoms with van der Waals surface area (Å²) in [6, 6.07) is 7.85. The van der Waals surface area contributed by atoms with E-state index in [1.54, 1.807) is 18.6 Å². The number of halogens is 1. The van der Waals surface area contributed by atoms with Crippen LogP contribution in [0.5, 0.6) is 0 Å². The second kappa shape index (κ2) is 4.62. The molecule has 2 heterocycles. The molecular formula is C12H10ClN5. The zero-order valence-corrected chi connectivity index (χ0v) is 10.1. The van der Waals surface area contributed by atoms with Gasteiger partial charge in [0.15, 0.2) is 0 Å². The molecule has 0 atom stereocenters. The van der Waals surface area contributed by atoms with Crippen molar-refractivity contribution in [2.75, 3.05) is 5.32 Å². The van der Waals surface area contributed by atoms with Gasteiger partial charge in [-0.25, -0.2) is 15.0 Å². The SMILES string of the molecule is Clc1nccc(NCc2ccc3[nH]cnc3c2)n1. The fourth-order valence-electron chi connectivity index (χ4n) is 1.71. The van der Waals surface area contributed by atoms with Gasteiger partial charge >= 0.3 is 0 Å². The molecule has 0 aliphatic heterocycles. The lowest BCUT2D eigenvalue weighted by atomic mass is 10.2. The smallest absolute Gasteiger partial charge is 0.224 e. The molecule has 0 radical (unpaired) electrons. The Morgan fingerprint density at radius 2 is 2.17 bits per heavy atom. The van der Waals surface area contributed by atoms with Crippen LogP contribution in [0, 0.1) is 0 Å². The molecule has 0 unspecified atom stereocenters. The van der Waals surface area contributed by atoms with E-state index < -0.39 is 0 Å². The van der Waals surface area contributed by atoms with Gasteiger partial charge in [-0.05, 0) is 35.4 Å². The highest BCUT2D eigenvalue weighted by atomic mass is 35.5. The van der Waals surface area contributed by atoms with Gasteiger partial charge in [0.25, 0.3) is 0 Å². The van der Waals surface area contributed by atoms with Crippen LogP contribution in [0.2, 0.25) is 5.28 Å². The Morgan fingerprint density at radius 1 is 1.22 bits per heavy atom. The number of H-pyrrole nitrogens is 1. The standard InChI is InChI=1S/C12H10ClN5/c13-12-14-4-3-11(18-12)15-6-8-1-2-9-10(5-8)17-7-16-9/h1-5,7H,6H2,(H,16,17)(H,14,15,18). The second-order valence-corrected chi connectivity index (χ2v) is 4.16. The Morgan fingerprint density at radius 3 is 3.06 bits per heavy atom. The maximum Gasteiger partial charge on any atom is 0.224 e. The number of benzene rings is 1. The molecule has 0 spiro atoms. The zero-order chi connectivity index (χ0) is 12.4. The first-order valence-corrected chi connectivity index (χ1v) is 5.83. The van der Waals surface area contributed by atoms with Gasteiger partial charge in [0.1, 0.15) is 5.82 Å². The monoisotopic (exact) mass is 259 g/mol. The third kappa shape index (κ3) is 2.26. The summed E-state index contributed by atoms with van der Waals surface area (Å²) in [7, 11) is 0. The van der Waals surface area contributed by atoms with Crippen molar-refractivity contribution in [3.63, 3.8) is 0 Å². The highest BCUT2D eigenvalue weighted by molar-refractivity contribution is 6.28. The van der Waals surface area contributed by atoms with Crippen LogP contribution in [0.1, 0.15) is 5.56 Å². The molecule has 18 heavy (non-hydrogen) atoms. The van der Waals surface area contributed by atoms with Crippen molar-refractivity contribution in [1.29, 1.82) is 0 Å². The quantitative estimate of drug-likeness (QED) is 0.710. The van der Waals surface area contributed by atoms with Gasteiger partial charge < -0.3 is 10.3 Å². The minimum Gasteiger partial charge on any atom is -0.366 e. The summed E-state index contributed by atoms with van der Waals surface area (Å²) >= 11 is 5.71. The molecule has 0 aliphatic carbocycles. The van der Waals surface area contributed by atoms with Gasteiger partial charge in [0.2, 0.25) is 5.28 Å². The zero-order valence-electron chi connectivity index (χ0n) is 9.39. The fraction of sp³-hybridized carbons (Fsp3) is 0.0833. The van der Waals surface area contributed by atoms with Crippen molar-refractivity contribution in [1.82, 2.24) is 19.9 Å². The molecule has 1 aromatic carbocycles. The number of rotatable bonds is 3. The lowest BCUT2D eigenvalue weighted by molar-refractivity contribution is 1.08. The van der Waals surface area contributed by atoms with Crippen molar-refractivity contribution >= 4 is 28.5 Å². The van der Waals surface area contributed by atoms with Gasteiger partial charge in [0.05, 0.1) is 17.4 Å². The molecule has 0 fully saturated rings. The Balaban J connectivity index is 1.76. The van der Waals surface area contributed by atoms with Crippen molar-refractivity contribution < 1.29 is 0 Å². The van der Waals surface area contributed by atoms with E-state index in [1.165, 1.54) is 0 Å². The third-order valence-electron chi connectivity index (χ3n) is 2.59. The Hall–Kier alpha value is -2.14. The van der Waals surface area contributed by atoms with Crippen LogP contribution in [0.15, 0.2) is 36.8 Å². The summed E-state index contributed by atoms with van der Waals surface area (Å²) < 4.78 is 0. The summed E-state index contributed by atoms with van der Waals surface area (Å²) in [6.07, 6.45) is 3.31. The molecule has 2 aromatic heterocycles. The number of hydrogen-bond acceptors (Lipinski definition) is 4. The lowest BCUT2D eigenvalue weighted by Crippen LogP contribution is -2.01. The Kier molecular flexibility index (Phi) is 2.82. The minimum absolute atomic E-state index is 0.239. The minimum atomic E-state index is 0.239. The van der Waals surface area contributed by atoms with Crippen LogP contribution in [0.3, 0.4) is 0 Å². The van der Waals surface area contributed by atoms with Crippen molar-refractivity contribution in [2.45, 2.75) is 6.54 Å². The molecule has 90 valence electrons. The van der Waals surface area contributed by atoms with Crippen LogP contribution in [0.25, 0.3) is 11.0 Å². The topological polar surface area (TPSA) is 66.5 Å². The highest BCUT2D eigenvalue weighted by Gasteiger charge is 2.00. The Bertz CT molecular complexity index is 679. The van der Waals surface area contributed by atoms with Crippen molar-refractivity contribution in [3.8, 4) is 0 Å². The van der Waals surface area contributed by atoms with Gasteiger partial charge in [-0.2, -0.15) is 0 Å². The summed E-state index contributed by atoms with van der Waals surface area (Å²) in [4.78, 5) is 15.2. The van der Waals surface area contributed by atoms with Crippen LogP contribution in [-0.4, -0.2) is 19.9 Å². The predicted octanol–water partition coefficient (Wildman–Crippen LogP) is 2.62. The molecule has 6 heteroatoms. The van der Waals surface area contributed by atoms with Gasteiger partial charge in [-0.15, -0.1) is 0 Å². The van der Waals surface area contributed by atoms with E-state index in [9.17, 15) is 0 Å². The molecule has 0 saturated carbocycles. The lowest BCUT2D eigenvalue weighted by Gasteiger charge is -2.05. The third-order valence-corrected chi connectivity index (χ3v) is 2.77. The van der Waals surface area contributed by atoms with Crippen LogP contribution < -0.4 is 5.32 Å². The first kappa shape index (κ1) is 11.0. The Labute approximate surface area is 108 Å². The maximum atomic E-state index is 5.71. The number of hydrogen-bond donors (Lipinski definition) is 2. The molecule has 0 aliphatic rings. The average molecular weight is 260 g/mol. The number of nitrogens with zero attached hydrogens (tertiary/aromatic N) is 3. The van der Waals surface area contributed by atoms with Crippen molar-refractivity contribution in [2.24, 2.45) is 0 Å². The first-order valence-electron chi connectivity index (χ1n) is 5.46. The van der Waals surface area contributed by atoms with Gasteiger partial charge in [-0.3, -0.25) is 0 Å². The van der Waals surface area contributed by atoms with E-state index in [0.717, 1.165) is 16.6 Å². The number of nitrogens with one attached hydrogen (secondary N) is 2. The predicted molar refractivity (Wildman–Crippen MR) is 70.5 cm³/mol. The van der Waals surface area contributed by atoms with Crippen LogP contribution in [0.4, 0.5) is 5.82 Å². The maximum absolute atomic E-state index is 5.71. The van der Waals surface area contributed by atoms with E-state index in [4.69, 9.17) is 11.6 Å². The van der Waals surface area contributed by atoms with E-state index >= 15 is 0 Å². The van der Waals surface area contributed by atoms with Gasteiger partial charge in [0, 0.05) is 12.7 Å². The number of imidazole rings is 1. The van der Waals surface area contributed by atoms with Gasteiger partial charge in [-0.1, -0.05) is 6.07 Å². The molecule has 2 N–H and O–H groups in total. The first-order chi connectivity index (χ1) is 8.81. The number of aromatic nitrogens is 4. The molecular weight excluding hydrogens is 250 g/mol. The highest BCUT2D eigenvalue weighted by Crippen LogP contribution is 2.13. The van der Waals surface area contributed by atoms with E-state index in [2.05, 4.69) is 25.3 Å². The molecule has 0 amide bonds. The second-order valence-electron chi connectivity index (χ2n) is 3.82. The van der Waals surface area contributed by atoms with Crippen LogP contribution in [-0.2, 0) is 6.54 Å². The normalized spacial score (nSPS) is 10.7. The molecule has 0 bridgehead atoms. The summed E-state index contributed by atoms with van der Waals surface area (Å²) in [5, 5.41) is 3.42. The fourth-order valence-corrected chi connectivity index (χ4v) is 1.86. The largest absolute Gasteiger partial charge is 0.366 e. The number of anilines is 1. The number of aromatic amines is 1. The van der Waals surface area contributed by atoms with E-state index in [0.29, 0.717) is 12.4 Å². The molecule has 3 aromatic rings.